The van der Waals surface area contributed by atoms with Crippen LogP contribution in [-0.2, 0) is 22.2 Å². The minimum atomic E-state index is -3.45. The van der Waals surface area contributed by atoms with E-state index in [4.69, 9.17) is 11.6 Å². The van der Waals surface area contributed by atoms with Gasteiger partial charge in [-0.3, -0.25) is 4.72 Å². The molecule has 2 aromatic rings. The maximum Gasteiger partial charge on any atom is 0.236 e. The lowest BCUT2D eigenvalue weighted by Gasteiger charge is -2.14. The molecule has 0 fully saturated rings. The van der Waals surface area contributed by atoms with Crippen molar-refractivity contribution in [1.29, 1.82) is 0 Å². The van der Waals surface area contributed by atoms with Gasteiger partial charge in [-0.25, -0.2) is 8.42 Å². The zero-order valence-electron chi connectivity index (χ0n) is 12.1. The highest BCUT2D eigenvalue weighted by molar-refractivity contribution is 7.91. The summed E-state index contributed by atoms with van der Waals surface area (Å²) in [5.41, 5.74) is 3.32. The highest BCUT2D eigenvalue weighted by Gasteiger charge is 2.15. The SMILES string of the molecule is CCc1cccc(C)c1NS(=O)(=O)Cc1ccc(Cl)cc1. The normalized spacial score (nSPS) is 11.4. The predicted molar refractivity (Wildman–Crippen MR) is 88.3 cm³/mol. The molecule has 0 amide bonds. The van der Waals surface area contributed by atoms with Crippen molar-refractivity contribution in [3.8, 4) is 0 Å². The van der Waals surface area contributed by atoms with Crippen LogP contribution in [0.25, 0.3) is 0 Å². The molecule has 0 bridgehead atoms. The highest BCUT2D eigenvalue weighted by atomic mass is 35.5. The summed E-state index contributed by atoms with van der Waals surface area (Å²) in [6, 6.07) is 12.6. The van der Waals surface area contributed by atoms with Gasteiger partial charge in [0.05, 0.1) is 11.4 Å². The van der Waals surface area contributed by atoms with Crippen LogP contribution in [0.2, 0.25) is 5.02 Å². The van der Waals surface area contributed by atoms with E-state index in [0.29, 0.717) is 16.3 Å². The number of aryl methyl sites for hydroxylation is 2. The van der Waals surface area contributed by atoms with Gasteiger partial charge in [0.1, 0.15) is 0 Å². The van der Waals surface area contributed by atoms with Crippen molar-refractivity contribution in [3.05, 3.63) is 64.2 Å². The summed E-state index contributed by atoms with van der Waals surface area (Å²) in [7, 11) is -3.45. The van der Waals surface area contributed by atoms with Gasteiger partial charge in [0.2, 0.25) is 10.0 Å². The molecule has 0 saturated carbocycles. The van der Waals surface area contributed by atoms with Gasteiger partial charge in [0.25, 0.3) is 0 Å². The summed E-state index contributed by atoms with van der Waals surface area (Å²) >= 11 is 5.81. The molecule has 0 saturated heterocycles. The lowest BCUT2D eigenvalue weighted by molar-refractivity contribution is 0.600. The molecular formula is C16H18ClNO2S. The minimum absolute atomic E-state index is 0.0678. The van der Waals surface area contributed by atoms with Gasteiger partial charge < -0.3 is 0 Å². The summed E-state index contributed by atoms with van der Waals surface area (Å²) in [6.45, 7) is 3.91. The molecule has 0 atom stereocenters. The van der Waals surface area contributed by atoms with Crippen LogP contribution >= 0.6 is 11.6 Å². The van der Waals surface area contributed by atoms with Crippen molar-refractivity contribution >= 4 is 27.3 Å². The van der Waals surface area contributed by atoms with Crippen molar-refractivity contribution in [3.63, 3.8) is 0 Å². The van der Waals surface area contributed by atoms with Crippen LogP contribution < -0.4 is 4.72 Å². The van der Waals surface area contributed by atoms with Crippen molar-refractivity contribution in [2.75, 3.05) is 4.72 Å². The fraction of sp³-hybridized carbons (Fsp3) is 0.250. The molecule has 0 aliphatic carbocycles. The van der Waals surface area contributed by atoms with E-state index in [1.165, 1.54) is 0 Å². The second kappa shape index (κ2) is 6.50. The summed E-state index contributed by atoms with van der Waals surface area (Å²) in [5, 5.41) is 0.594. The van der Waals surface area contributed by atoms with Crippen LogP contribution in [0.5, 0.6) is 0 Å². The van der Waals surface area contributed by atoms with E-state index in [1.807, 2.05) is 32.0 Å². The lowest BCUT2D eigenvalue weighted by atomic mass is 10.1. The lowest BCUT2D eigenvalue weighted by Crippen LogP contribution is -2.17. The van der Waals surface area contributed by atoms with E-state index in [2.05, 4.69) is 4.72 Å². The molecule has 0 unspecified atom stereocenters. The van der Waals surface area contributed by atoms with E-state index in [-0.39, 0.29) is 5.75 Å². The number of hydrogen-bond donors (Lipinski definition) is 1. The number of sulfonamides is 1. The Morgan fingerprint density at radius 1 is 1.10 bits per heavy atom. The number of benzene rings is 2. The van der Waals surface area contributed by atoms with E-state index in [9.17, 15) is 8.42 Å². The smallest absolute Gasteiger partial charge is 0.236 e. The predicted octanol–water partition coefficient (Wildman–Crippen LogP) is 4.15. The van der Waals surface area contributed by atoms with Gasteiger partial charge in [-0.1, -0.05) is 48.9 Å². The number of para-hydroxylation sites is 1. The second-order valence-electron chi connectivity index (χ2n) is 4.95. The summed E-state index contributed by atoms with van der Waals surface area (Å²) in [6.07, 6.45) is 0.778. The van der Waals surface area contributed by atoms with E-state index in [0.717, 1.165) is 17.5 Å². The second-order valence-corrected chi connectivity index (χ2v) is 7.11. The van der Waals surface area contributed by atoms with Gasteiger partial charge >= 0.3 is 0 Å². The minimum Gasteiger partial charge on any atom is -0.283 e. The molecule has 112 valence electrons. The number of anilines is 1. The quantitative estimate of drug-likeness (QED) is 0.898. The first-order valence-corrected chi connectivity index (χ1v) is 8.77. The first-order valence-electron chi connectivity index (χ1n) is 6.74. The molecule has 0 radical (unpaired) electrons. The van der Waals surface area contributed by atoms with Crippen LogP contribution in [0, 0.1) is 6.92 Å². The zero-order valence-corrected chi connectivity index (χ0v) is 13.6. The fourth-order valence-electron chi connectivity index (χ4n) is 2.16. The number of halogens is 1. The standard InChI is InChI=1S/C16H18ClNO2S/c1-3-14-6-4-5-12(2)16(14)18-21(19,20)11-13-7-9-15(17)10-8-13/h4-10,18H,3,11H2,1-2H3. The summed E-state index contributed by atoms with van der Waals surface area (Å²) in [4.78, 5) is 0. The first-order chi connectivity index (χ1) is 9.91. The molecule has 1 N–H and O–H groups in total. The zero-order chi connectivity index (χ0) is 15.5. The Kier molecular flexibility index (Phi) is 4.91. The monoisotopic (exact) mass is 323 g/mol. The average Bonchev–Trinajstić information content (AvgIpc) is 2.43. The number of hydrogen-bond acceptors (Lipinski definition) is 2. The maximum atomic E-state index is 12.3. The Balaban J connectivity index is 2.24. The molecule has 0 spiro atoms. The van der Waals surface area contributed by atoms with Crippen LogP contribution in [0.1, 0.15) is 23.6 Å². The van der Waals surface area contributed by atoms with Crippen molar-refractivity contribution in [1.82, 2.24) is 0 Å². The molecule has 0 aromatic heterocycles. The first kappa shape index (κ1) is 15.9. The molecule has 0 aliphatic heterocycles. The largest absolute Gasteiger partial charge is 0.283 e. The Labute approximate surface area is 131 Å². The third-order valence-electron chi connectivity index (χ3n) is 3.27. The Morgan fingerprint density at radius 3 is 2.38 bits per heavy atom. The molecule has 5 heteroatoms. The third-order valence-corrected chi connectivity index (χ3v) is 4.75. The maximum absolute atomic E-state index is 12.3. The van der Waals surface area contributed by atoms with Crippen molar-refractivity contribution in [2.24, 2.45) is 0 Å². The van der Waals surface area contributed by atoms with Gasteiger partial charge in [0.15, 0.2) is 0 Å². The van der Waals surface area contributed by atoms with Crippen LogP contribution in [0.4, 0.5) is 5.69 Å². The Hall–Kier alpha value is -1.52. The van der Waals surface area contributed by atoms with E-state index in [1.54, 1.807) is 24.3 Å². The van der Waals surface area contributed by atoms with Crippen LogP contribution in [0.3, 0.4) is 0 Å². The topological polar surface area (TPSA) is 46.2 Å². The summed E-state index contributed by atoms with van der Waals surface area (Å²) < 4.78 is 27.4. The molecular weight excluding hydrogens is 306 g/mol. The fourth-order valence-corrected chi connectivity index (χ4v) is 3.59. The number of nitrogens with one attached hydrogen (secondary N) is 1. The van der Waals surface area contributed by atoms with Gasteiger partial charge in [-0.15, -0.1) is 0 Å². The summed E-state index contributed by atoms with van der Waals surface area (Å²) in [5.74, 6) is -0.0678. The average molecular weight is 324 g/mol. The van der Waals surface area contributed by atoms with Crippen LogP contribution in [-0.4, -0.2) is 8.42 Å². The molecule has 3 nitrogen and oxygen atoms in total. The third kappa shape index (κ3) is 4.22. The molecule has 0 aliphatic rings. The van der Waals surface area contributed by atoms with Crippen LogP contribution in [0.15, 0.2) is 42.5 Å². The van der Waals surface area contributed by atoms with Gasteiger partial charge in [0, 0.05) is 5.02 Å². The molecule has 2 aromatic carbocycles. The van der Waals surface area contributed by atoms with Gasteiger partial charge in [-0.2, -0.15) is 0 Å². The number of rotatable bonds is 5. The van der Waals surface area contributed by atoms with E-state index >= 15 is 0 Å². The van der Waals surface area contributed by atoms with Crippen molar-refractivity contribution in [2.45, 2.75) is 26.0 Å². The van der Waals surface area contributed by atoms with E-state index < -0.39 is 10.0 Å². The Morgan fingerprint density at radius 2 is 1.76 bits per heavy atom. The van der Waals surface area contributed by atoms with Crippen molar-refractivity contribution < 1.29 is 8.42 Å². The molecule has 2 rings (SSSR count). The molecule has 0 heterocycles. The molecule has 21 heavy (non-hydrogen) atoms. The highest BCUT2D eigenvalue weighted by Crippen LogP contribution is 2.23. The Bertz CT molecular complexity index is 724. The van der Waals surface area contributed by atoms with Gasteiger partial charge in [-0.05, 0) is 42.2 Å².